The van der Waals surface area contributed by atoms with Crippen LogP contribution < -0.4 is 0 Å². The van der Waals surface area contributed by atoms with Crippen LogP contribution >= 0.6 is 0 Å². The zero-order valence-electron chi connectivity index (χ0n) is 11.0. The first-order valence-electron chi connectivity index (χ1n) is 6.42. The highest BCUT2D eigenvalue weighted by Gasteiger charge is 2.10. The number of ketones is 1. The predicted octanol–water partition coefficient (Wildman–Crippen LogP) is 3.36. The zero-order chi connectivity index (χ0) is 13.0. The molecule has 0 radical (unpaired) electrons. The Morgan fingerprint density at radius 1 is 1.11 bits per heavy atom. The van der Waals surface area contributed by atoms with Crippen molar-refractivity contribution in [3.05, 3.63) is 48.0 Å². The van der Waals surface area contributed by atoms with Crippen LogP contribution in [0.5, 0.6) is 0 Å². The van der Waals surface area contributed by atoms with Gasteiger partial charge in [0.15, 0.2) is 5.78 Å². The minimum Gasteiger partial charge on any atom is -0.306 e. The van der Waals surface area contributed by atoms with Crippen molar-refractivity contribution >= 4 is 16.6 Å². The highest BCUT2D eigenvalue weighted by Crippen LogP contribution is 2.19. The molecule has 2 nitrogen and oxygen atoms in total. The number of hydrogen-bond acceptors (Lipinski definition) is 2. The summed E-state index contributed by atoms with van der Waals surface area (Å²) in [5, 5.41) is 2.19. The van der Waals surface area contributed by atoms with E-state index in [2.05, 4.69) is 11.8 Å². The third-order valence-electron chi connectivity index (χ3n) is 3.35. The molecule has 0 fully saturated rings. The molecule has 0 amide bonds. The van der Waals surface area contributed by atoms with Gasteiger partial charge in [-0.3, -0.25) is 4.79 Å². The Hall–Kier alpha value is -1.67. The van der Waals surface area contributed by atoms with E-state index in [4.69, 9.17) is 0 Å². The summed E-state index contributed by atoms with van der Waals surface area (Å²) in [6.07, 6.45) is 0.582. The molecule has 94 valence electrons. The molecule has 2 heteroatoms. The first kappa shape index (κ1) is 12.8. The summed E-state index contributed by atoms with van der Waals surface area (Å²) in [6.45, 7) is 3.89. The maximum atomic E-state index is 12.3. The standard InChI is InChI=1S/C16H19NO/c1-3-17(2)12-11-16(18)15-10-6-8-13-7-4-5-9-14(13)15/h4-10H,3,11-12H2,1-2H3. The van der Waals surface area contributed by atoms with Crippen LogP contribution in [0.4, 0.5) is 0 Å². The summed E-state index contributed by atoms with van der Waals surface area (Å²) in [7, 11) is 2.04. The summed E-state index contributed by atoms with van der Waals surface area (Å²) in [5.74, 6) is 0.229. The molecule has 18 heavy (non-hydrogen) atoms. The molecule has 0 saturated heterocycles. The van der Waals surface area contributed by atoms with Gasteiger partial charge in [-0.05, 0) is 24.4 Å². The lowest BCUT2D eigenvalue weighted by Crippen LogP contribution is -2.21. The normalized spacial score (nSPS) is 11.1. The lowest BCUT2D eigenvalue weighted by molar-refractivity contribution is 0.0971. The first-order chi connectivity index (χ1) is 8.72. The molecule has 0 aliphatic carbocycles. The number of rotatable bonds is 5. The Labute approximate surface area is 108 Å². The average Bonchev–Trinajstić information content (AvgIpc) is 2.43. The Balaban J connectivity index is 2.22. The molecule has 2 aromatic carbocycles. The van der Waals surface area contributed by atoms with Crippen molar-refractivity contribution < 1.29 is 4.79 Å². The summed E-state index contributed by atoms with van der Waals surface area (Å²) >= 11 is 0. The van der Waals surface area contributed by atoms with Gasteiger partial charge in [0.25, 0.3) is 0 Å². The van der Waals surface area contributed by atoms with Crippen molar-refractivity contribution in [2.45, 2.75) is 13.3 Å². The third kappa shape index (κ3) is 2.77. The van der Waals surface area contributed by atoms with Crippen LogP contribution in [0.3, 0.4) is 0 Å². The average molecular weight is 241 g/mol. The van der Waals surface area contributed by atoms with Crippen LogP contribution in [0.2, 0.25) is 0 Å². The maximum absolute atomic E-state index is 12.3. The van der Waals surface area contributed by atoms with Gasteiger partial charge in [0.05, 0.1) is 0 Å². The van der Waals surface area contributed by atoms with E-state index in [9.17, 15) is 4.79 Å². The Bertz CT molecular complexity index is 542. The molecular weight excluding hydrogens is 222 g/mol. The molecule has 0 unspecified atom stereocenters. The number of hydrogen-bond donors (Lipinski definition) is 0. The van der Waals surface area contributed by atoms with E-state index in [1.807, 2.05) is 49.5 Å². The molecule has 0 aliphatic heterocycles. The molecule has 0 bridgehead atoms. The van der Waals surface area contributed by atoms with Crippen LogP contribution in [0.25, 0.3) is 10.8 Å². The molecule has 2 rings (SSSR count). The molecule has 0 aliphatic rings. The number of carbonyl (C=O) groups excluding carboxylic acids is 1. The lowest BCUT2D eigenvalue weighted by Gasteiger charge is -2.13. The topological polar surface area (TPSA) is 20.3 Å². The van der Waals surface area contributed by atoms with Crippen LogP contribution in [-0.4, -0.2) is 30.8 Å². The van der Waals surface area contributed by atoms with Gasteiger partial charge in [-0.25, -0.2) is 0 Å². The monoisotopic (exact) mass is 241 g/mol. The summed E-state index contributed by atoms with van der Waals surface area (Å²) in [6, 6.07) is 14.0. The number of benzene rings is 2. The molecule has 0 heterocycles. The second kappa shape index (κ2) is 5.78. The van der Waals surface area contributed by atoms with Crippen LogP contribution in [-0.2, 0) is 0 Å². The Kier molecular flexibility index (Phi) is 4.11. The van der Waals surface area contributed by atoms with Gasteiger partial charge in [-0.15, -0.1) is 0 Å². The van der Waals surface area contributed by atoms with Crippen molar-refractivity contribution in [1.82, 2.24) is 4.90 Å². The zero-order valence-corrected chi connectivity index (χ0v) is 11.0. The third-order valence-corrected chi connectivity index (χ3v) is 3.35. The fourth-order valence-corrected chi connectivity index (χ4v) is 2.05. The molecular formula is C16H19NO. The number of Topliss-reactive ketones (excluding diaryl/α,β-unsaturated/α-hetero) is 1. The highest BCUT2D eigenvalue weighted by atomic mass is 16.1. The van der Waals surface area contributed by atoms with Crippen LogP contribution in [0.1, 0.15) is 23.7 Å². The second-order valence-corrected chi connectivity index (χ2v) is 4.60. The number of carbonyl (C=O) groups is 1. The second-order valence-electron chi connectivity index (χ2n) is 4.60. The van der Waals surface area contributed by atoms with Gasteiger partial charge in [0, 0.05) is 18.5 Å². The minimum absolute atomic E-state index is 0.229. The van der Waals surface area contributed by atoms with Crippen molar-refractivity contribution in [2.75, 3.05) is 20.1 Å². The maximum Gasteiger partial charge on any atom is 0.164 e. The van der Waals surface area contributed by atoms with E-state index in [1.165, 1.54) is 0 Å². The van der Waals surface area contributed by atoms with Gasteiger partial charge in [-0.1, -0.05) is 49.4 Å². The molecule has 0 spiro atoms. The molecule has 0 N–H and O–H groups in total. The molecule has 0 atom stereocenters. The molecule has 0 aromatic heterocycles. The lowest BCUT2D eigenvalue weighted by atomic mass is 10.00. The highest BCUT2D eigenvalue weighted by molar-refractivity contribution is 6.08. The number of nitrogens with zero attached hydrogens (tertiary/aromatic N) is 1. The van der Waals surface area contributed by atoms with E-state index >= 15 is 0 Å². The van der Waals surface area contributed by atoms with E-state index < -0.39 is 0 Å². The molecule has 2 aromatic rings. The van der Waals surface area contributed by atoms with Gasteiger partial charge >= 0.3 is 0 Å². The first-order valence-corrected chi connectivity index (χ1v) is 6.42. The van der Waals surface area contributed by atoms with Crippen molar-refractivity contribution in [1.29, 1.82) is 0 Å². The van der Waals surface area contributed by atoms with E-state index in [0.29, 0.717) is 6.42 Å². The van der Waals surface area contributed by atoms with Crippen LogP contribution in [0.15, 0.2) is 42.5 Å². The SMILES string of the molecule is CCN(C)CCC(=O)c1cccc2ccccc12. The van der Waals surface area contributed by atoms with Gasteiger partial charge < -0.3 is 4.90 Å². The molecule has 0 saturated carbocycles. The summed E-state index contributed by atoms with van der Waals surface area (Å²) < 4.78 is 0. The van der Waals surface area contributed by atoms with E-state index in [1.54, 1.807) is 0 Å². The number of fused-ring (bicyclic) bond motifs is 1. The van der Waals surface area contributed by atoms with Gasteiger partial charge in [0.1, 0.15) is 0 Å². The minimum atomic E-state index is 0.229. The van der Waals surface area contributed by atoms with Gasteiger partial charge in [0.2, 0.25) is 0 Å². The van der Waals surface area contributed by atoms with Crippen molar-refractivity contribution in [3.63, 3.8) is 0 Å². The van der Waals surface area contributed by atoms with E-state index in [0.717, 1.165) is 29.4 Å². The smallest absolute Gasteiger partial charge is 0.164 e. The van der Waals surface area contributed by atoms with Gasteiger partial charge in [-0.2, -0.15) is 0 Å². The Morgan fingerprint density at radius 2 is 1.83 bits per heavy atom. The fraction of sp³-hybridized carbons (Fsp3) is 0.312. The summed E-state index contributed by atoms with van der Waals surface area (Å²) in [4.78, 5) is 14.4. The predicted molar refractivity (Wildman–Crippen MR) is 76.1 cm³/mol. The van der Waals surface area contributed by atoms with Crippen LogP contribution in [0, 0.1) is 0 Å². The fourth-order valence-electron chi connectivity index (χ4n) is 2.05. The Morgan fingerprint density at radius 3 is 2.61 bits per heavy atom. The quantitative estimate of drug-likeness (QED) is 0.748. The van der Waals surface area contributed by atoms with E-state index in [-0.39, 0.29) is 5.78 Å². The largest absolute Gasteiger partial charge is 0.306 e. The summed E-state index contributed by atoms with van der Waals surface area (Å²) in [5.41, 5.74) is 0.845. The van der Waals surface area contributed by atoms with Crippen molar-refractivity contribution in [2.24, 2.45) is 0 Å². The van der Waals surface area contributed by atoms with Crippen molar-refractivity contribution in [3.8, 4) is 0 Å².